The highest BCUT2D eigenvalue weighted by Crippen LogP contribution is 1.98. The van der Waals surface area contributed by atoms with Crippen molar-refractivity contribution in [1.82, 2.24) is 5.32 Å². The minimum atomic E-state index is -0.104. The molecular formula is C9H18ClNO2. The third kappa shape index (κ3) is 8.06. The van der Waals surface area contributed by atoms with Gasteiger partial charge in [-0.3, -0.25) is 4.79 Å². The van der Waals surface area contributed by atoms with Gasteiger partial charge in [-0.1, -0.05) is 6.92 Å². The Balaban J connectivity index is 3.40. The molecule has 0 radical (unpaired) electrons. The number of carbonyl (C=O) groups is 1. The zero-order valence-electron chi connectivity index (χ0n) is 8.47. The quantitative estimate of drug-likeness (QED) is 0.672. The van der Waals surface area contributed by atoms with Crippen molar-refractivity contribution in [3.05, 3.63) is 0 Å². The van der Waals surface area contributed by atoms with E-state index in [0.717, 1.165) is 6.42 Å². The van der Waals surface area contributed by atoms with E-state index in [-0.39, 0.29) is 24.0 Å². The fourth-order valence-electron chi connectivity index (χ4n) is 0.662. The van der Waals surface area contributed by atoms with Gasteiger partial charge in [-0.15, -0.1) is 11.6 Å². The fraction of sp³-hybridized carbons (Fsp3) is 0.889. The minimum Gasteiger partial charge on any atom is -0.369 e. The molecule has 4 heteroatoms. The number of halogens is 1. The van der Waals surface area contributed by atoms with E-state index in [1.807, 2.05) is 20.8 Å². The average Bonchev–Trinajstić information content (AvgIpc) is 2.10. The topological polar surface area (TPSA) is 38.3 Å². The summed E-state index contributed by atoms with van der Waals surface area (Å²) in [7, 11) is 0. The van der Waals surface area contributed by atoms with Crippen LogP contribution in [-0.4, -0.2) is 30.5 Å². The predicted molar refractivity (Wildman–Crippen MR) is 54.0 cm³/mol. The van der Waals surface area contributed by atoms with Gasteiger partial charge >= 0.3 is 0 Å². The first-order chi connectivity index (χ1) is 6.06. The lowest BCUT2D eigenvalue weighted by Crippen LogP contribution is -2.33. The molecule has 0 saturated carbocycles. The Labute approximate surface area is 84.8 Å². The molecule has 0 aromatic heterocycles. The zero-order chi connectivity index (χ0) is 10.3. The van der Waals surface area contributed by atoms with E-state index in [9.17, 15) is 4.79 Å². The molecule has 0 aromatic rings. The van der Waals surface area contributed by atoms with Gasteiger partial charge in [-0.25, -0.2) is 0 Å². The number of rotatable bonds is 6. The Morgan fingerprint density at radius 2 is 2.15 bits per heavy atom. The van der Waals surface area contributed by atoms with Crippen LogP contribution < -0.4 is 5.32 Å². The Morgan fingerprint density at radius 3 is 2.62 bits per heavy atom. The molecule has 1 N–H and O–H groups in total. The molecule has 13 heavy (non-hydrogen) atoms. The Morgan fingerprint density at radius 1 is 1.54 bits per heavy atom. The monoisotopic (exact) mass is 207 g/mol. The molecule has 0 aromatic carbocycles. The summed E-state index contributed by atoms with van der Waals surface area (Å²) in [6, 6.07) is 0. The second-order valence-corrected chi connectivity index (χ2v) is 3.79. The SMILES string of the molecule is CCC(Cl)CNC(=O)COC(C)C. The third-order valence-electron chi connectivity index (χ3n) is 1.51. The van der Waals surface area contributed by atoms with Gasteiger partial charge in [0.25, 0.3) is 0 Å². The summed E-state index contributed by atoms with van der Waals surface area (Å²) in [5.41, 5.74) is 0. The molecule has 0 bridgehead atoms. The smallest absolute Gasteiger partial charge is 0.246 e. The van der Waals surface area contributed by atoms with Crippen molar-refractivity contribution in [2.75, 3.05) is 13.2 Å². The molecule has 0 aliphatic rings. The van der Waals surface area contributed by atoms with Crippen LogP contribution in [0.15, 0.2) is 0 Å². The maximum atomic E-state index is 11.1. The van der Waals surface area contributed by atoms with E-state index in [2.05, 4.69) is 5.32 Å². The third-order valence-corrected chi connectivity index (χ3v) is 1.97. The largest absolute Gasteiger partial charge is 0.369 e. The number of hydrogen-bond donors (Lipinski definition) is 1. The highest BCUT2D eigenvalue weighted by atomic mass is 35.5. The lowest BCUT2D eigenvalue weighted by molar-refractivity contribution is -0.127. The van der Waals surface area contributed by atoms with E-state index in [1.165, 1.54) is 0 Å². The van der Waals surface area contributed by atoms with Gasteiger partial charge < -0.3 is 10.1 Å². The molecule has 1 atom stereocenters. The Hall–Kier alpha value is -0.280. The van der Waals surface area contributed by atoms with Crippen LogP contribution in [0.5, 0.6) is 0 Å². The van der Waals surface area contributed by atoms with Gasteiger partial charge in [0.2, 0.25) is 5.91 Å². The number of alkyl halides is 1. The molecule has 0 heterocycles. The Bertz CT molecular complexity index is 151. The summed E-state index contributed by atoms with van der Waals surface area (Å²) in [6.45, 7) is 6.39. The van der Waals surface area contributed by atoms with Gasteiger partial charge in [0.15, 0.2) is 0 Å². The molecule has 1 unspecified atom stereocenters. The van der Waals surface area contributed by atoms with Crippen molar-refractivity contribution in [2.24, 2.45) is 0 Å². The molecule has 0 aliphatic carbocycles. The number of amides is 1. The lowest BCUT2D eigenvalue weighted by atomic mass is 10.3. The van der Waals surface area contributed by atoms with Crippen LogP contribution in [0.2, 0.25) is 0 Å². The number of ether oxygens (including phenoxy) is 1. The fourth-order valence-corrected chi connectivity index (χ4v) is 0.739. The molecule has 0 aliphatic heterocycles. The summed E-state index contributed by atoms with van der Waals surface area (Å²) in [5, 5.41) is 2.71. The van der Waals surface area contributed by atoms with Crippen LogP contribution in [0.4, 0.5) is 0 Å². The molecule has 78 valence electrons. The van der Waals surface area contributed by atoms with Crippen LogP contribution in [0.25, 0.3) is 0 Å². The standard InChI is InChI=1S/C9H18ClNO2/c1-4-8(10)5-11-9(12)6-13-7(2)3/h7-8H,4-6H2,1-3H3,(H,11,12). The van der Waals surface area contributed by atoms with Gasteiger partial charge in [-0.2, -0.15) is 0 Å². The van der Waals surface area contributed by atoms with Crippen LogP contribution in [-0.2, 0) is 9.53 Å². The first-order valence-corrected chi connectivity index (χ1v) is 5.02. The minimum absolute atomic E-state index is 0.0167. The van der Waals surface area contributed by atoms with E-state index in [1.54, 1.807) is 0 Å². The van der Waals surface area contributed by atoms with E-state index in [0.29, 0.717) is 6.54 Å². The normalized spacial score (nSPS) is 13.0. The van der Waals surface area contributed by atoms with Gasteiger partial charge in [-0.05, 0) is 20.3 Å². The predicted octanol–water partition coefficient (Wildman–Crippen LogP) is 1.54. The van der Waals surface area contributed by atoms with Crippen molar-refractivity contribution < 1.29 is 9.53 Å². The number of nitrogens with one attached hydrogen (secondary N) is 1. The summed E-state index contributed by atoms with van der Waals surface area (Å²) in [6.07, 6.45) is 0.941. The Kier molecular flexibility index (Phi) is 7.00. The molecule has 0 saturated heterocycles. The number of hydrogen-bond acceptors (Lipinski definition) is 2. The van der Waals surface area contributed by atoms with Crippen molar-refractivity contribution in [3.63, 3.8) is 0 Å². The highest BCUT2D eigenvalue weighted by molar-refractivity contribution is 6.20. The second kappa shape index (κ2) is 7.15. The van der Waals surface area contributed by atoms with Crippen LogP contribution in [0, 0.1) is 0 Å². The van der Waals surface area contributed by atoms with Gasteiger partial charge in [0.1, 0.15) is 6.61 Å². The highest BCUT2D eigenvalue weighted by Gasteiger charge is 2.05. The summed E-state index contributed by atoms with van der Waals surface area (Å²) in [4.78, 5) is 11.1. The van der Waals surface area contributed by atoms with Crippen molar-refractivity contribution in [3.8, 4) is 0 Å². The summed E-state index contributed by atoms with van der Waals surface area (Å²) >= 11 is 5.82. The zero-order valence-corrected chi connectivity index (χ0v) is 9.23. The van der Waals surface area contributed by atoms with Gasteiger partial charge in [0.05, 0.1) is 11.5 Å². The van der Waals surface area contributed by atoms with E-state index in [4.69, 9.17) is 16.3 Å². The maximum Gasteiger partial charge on any atom is 0.246 e. The first kappa shape index (κ1) is 12.7. The molecule has 1 amide bonds. The second-order valence-electron chi connectivity index (χ2n) is 3.17. The first-order valence-electron chi connectivity index (χ1n) is 4.58. The summed E-state index contributed by atoms with van der Waals surface area (Å²) in [5.74, 6) is -0.104. The van der Waals surface area contributed by atoms with Crippen LogP contribution in [0.1, 0.15) is 27.2 Å². The van der Waals surface area contributed by atoms with Crippen LogP contribution in [0.3, 0.4) is 0 Å². The average molecular weight is 208 g/mol. The molecule has 0 rings (SSSR count). The molecule has 0 fully saturated rings. The van der Waals surface area contributed by atoms with E-state index >= 15 is 0 Å². The molecular weight excluding hydrogens is 190 g/mol. The maximum absolute atomic E-state index is 11.1. The van der Waals surface area contributed by atoms with Crippen molar-refractivity contribution in [1.29, 1.82) is 0 Å². The van der Waals surface area contributed by atoms with Crippen molar-refractivity contribution >= 4 is 17.5 Å². The number of carbonyl (C=O) groups excluding carboxylic acids is 1. The van der Waals surface area contributed by atoms with Crippen LogP contribution >= 0.6 is 11.6 Å². The summed E-state index contributed by atoms with van der Waals surface area (Å²) < 4.78 is 5.11. The lowest BCUT2D eigenvalue weighted by Gasteiger charge is -2.10. The molecule has 3 nitrogen and oxygen atoms in total. The van der Waals surface area contributed by atoms with Crippen molar-refractivity contribution in [2.45, 2.75) is 38.7 Å². The van der Waals surface area contributed by atoms with E-state index < -0.39 is 0 Å². The van der Waals surface area contributed by atoms with Gasteiger partial charge in [0, 0.05) is 6.54 Å². The molecule has 0 spiro atoms.